The molecule has 0 aromatic heterocycles. The molecule has 92 valence electrons. The van der Waals surface area contributed by atoms with Crippen LogP contribution in [0.5, 0.6) is 0 Å². The molecule has 0 fully saturated rings. The van der Waals surface area contributed by atoms with Crippen molar-refractivity contribution in [2.75, 3.05) is 11.9 Å². The molecule has 1 N–H and O–H groups in total. The highest BCUT2D eigenvalue weighted by Gasteiger charge is 2.20. The van der Waals surface area contributed by atoms with Crippen LogP contribution in [0.25, 0.3) is 0 Å². The van der Waals surface area contributed by atoms with Crippen molar-refractivity contribution in [2.45, 2.75) is 26.8 Å². The van der Waals surface area contributed by atoms with E-state index in [1.165, 1.54) is 5.01 Å². The molecule has 1 rings (SSSR count). The minimum atomic E-state index is -0.572. The topological polar surface area (TPSA) is 61.8 Å². The summed E-state index contributed by atoms with van der Waals surface area (Å²) >= 11 is 0. The summed E-state index contributed by atoms with van der Waals surface area (Å²) in [5.41, 5.74) is 1.74. The van der Waals surface area contributed by atoms with E-state index in [1.54, 1.807) is 13.8 Å². The third kappa shape index (κ3) is 3.27. The molecular formula is C12H17N3O2. The number of aryl methyl sites for hydroxylation is 1. The number of amides is 1. The molecule has 1 aromatic rings. The van der Waals surface area contributed by atoms with Crippen LogP contribution in [0.2, 0.25) is 0 Å². The second-order valence-electron chi connectivity index (χ2n) is 3.82. The fraction of sp³-hybridized carbons (Fsp3) is 0.417. The van der Waals surface area contributed by atoms with Crippen molar-refractivity contribution >= 4 is 11.6 Å². The van der Waals surface area contributed by atoms with Gasteiger partial charge < -0.3 is 5.32 Å². The van der Waals surface area contributed by atoms with Gasteiger partial charge in [0.15, 0.2) is 0 Å². The summed E-state index contributed by atoms with van der Waals surface area (Å²) in [5.74, 6) is -0.235. The van der Waals surface area contributed by atoms with Crippen molar-refractivity contribution in [2.24, 2.45) is 5.29 Å². The lowest BCUT2D eigenvalue weighted by molar-refractivity contribution is -0.120. The Morgan fingerprint density at radius 3 is 2.65 bits per heavy atom. The summed E-state index contributed by atoms with van der Waals surface area (Å²) in [6.45, 7) is 5.75. The zero-order valence-electron chi connectivity index (χ0n) is 10.3. The summed E-state index contributed by atoms with van der Waals surface area (Å²) in [6.07, 6.45) is 0. The van der Waals surface area contributed by atoms with Crippen LogP contribution >= 0.6 is 0 Å². The van der Waals surface area contributed by atoms with Crippen molar-refractivity contribution in [1.29, 1.82) is 0 Å². The summed E-state index contributed by atoms with van der Waals surface area (Å²) in [6, 6.07) is 6.92. The van der Waals surface area contributed by atoms with E-state index in [9.17, 15) is 9.70 Å². The third-order valence-electron chi connectivity index (χ3n) is 2.66. The van der Waals surface area contributed by atoms with Crippen molar-refractivity contribution < 1.29 is 4.79 Å². The number of likely N-dealkylation sites (N-methyl/N-ethyl adjacent to an activating group) is 1. The number of hydrogen-bond donors (Lipinski definition) is 1. The molecule has 5 nitrogen and oxygen atoms in total. The smallest absolute Gasteiger partial charge is 0.248 e. The molecule has 0 aliphatic heterocycles. The van der Waals surface area contributed by atoms with E-state index in [4.69, 9.17) is 0 Å². The van der Waals surface area contributed by atoms with Crippen molar-refractivity contribution in [3.63, 3.8) is 0 Å². The Kier molecular flexibility index (Phi) is 4.63. The van der Waals surface area contributed by atoms with Gasteiger partial charge in [0, 0.05) is 12.2 Å². The predicted molar refractivity (Wildman–Crippen MR) is 67.4 cm³/mol. The predicted octanol–water partition coefficient (Wildman–Crippen LogP) is 2.33. The van der Waals surface area contributed by atoms with Gasteiger partial charge in [-0.2, -0.15) is 0 Å². The molecule has 5 heteroatoms. The third-order valence-corrected chi connectivity index (χ3v) is 2.66. The van der Waals surface area contributed by atoms with Gasteiger partial charge in [-0.1, -0.05) is 18.2 Å². The molecule has 0 saturated heterocycles. The lowest BCUT2D eigenvalue weighted by Crippen LogP contribution is -2.38. The number of carbonyl (C=O) groups is 1. The largest absolute Gasteiger partial charge is 0.324 e. The summed E-state index contributed by atoms with van der Waals surface area (Å²) in [5, 5.41) is 6.80. The number of hydrogen-bond acceptors (Lipinski definition) is 3. The van der Waals surface area contributed by atoms with Crippen LogP contribution in [0.3, 0.4) is 0 Å². The van der Waals surface area contributed by atoms with Crippen LogP contribution in [0.1, 0.15) is 19.4 Å². The zero-order chi connectivity index (χ0) is 12.8. The first kappa shape index (κ1) is 13.2. The minimum absolute atomic E-state index is 0.235. The van der Waals surface area contributed by atoms with Crippen molar-refractivity contribution in [1.82, 2.24) is 5.01 Å². The van der Waals surface area contributed by atoms with E-state index in [-0.39, 0.29) is 5.91 Å². The first-order valence-corrected chi connectivity index (χ1v) is 5.56. The Balaban J connectivity index is 2.72. The van der Waals surface area contributed by atoms with E-state index in [1.807, 2.05) is 31.2 Å². The van der Waals surface area contributed by atoms with Crippen LogP contribution < -0.4 is 5.32 Å². The Hall–Kier alpha value is -1.91. The van der Waals surface area contributed by atoms with Crippen LogP contribution in [0.15, 0.2) is 29.6 Å². The van der Waals surface area contributed by atoms with Gasteiger partial charge in [-0.3, -0.25) is 4.79 Å². The van der Waals surface area contributed by atoms with Crippen LogP contribution in [0.4, 0.5) is 5.69 Å². The molecular weight excluding hydrogens is 218 g/mol. The number of benzene rings is 1. The van der Waals surface area contributed by atoms with E-state index in [2.05, 4.69) is 10.6 Å². The molecule has 0 radical (unpaired) electrons. The van der Waals surface area contributed by atoms with Gasteiger partial charge in [-0.15, -0.1) is 4.91 Å². The number of para-hydroxylation sites is 1. The van der Waals surface area contributed by atoms with E-state index in [0.717, 1.165) is 11.3 Å². The Morgan fingerprint density at radius 2 is 2.12 bits per heavy atom. The van der Waals surface area contributed by atoms with Crippen molar-refractivity contribution in [3.8, 4) is 0 Å². The van der Waals surface area contributed by atoms with Gasteiger partial charge in [0.05, 0.1) is 5.29 Å². The molecule has 0 aliphatic carbocycles. The molecule has 0 saturated carbocycles. The van der Waals surface area contributed by atoms with Gasteiger partial charge in [-0.25, -0.2) is 5.01 Å². The van der Waals surface area contributed by atoms with Gasteiger partial charge in [0.2, 0.25) is 5.91 Å². The lowest BCUT2D eigenvalue weighted by atomic mass is 10.2. The fourth-order valence-electron chi connectivity index (χ4n) is 1.49. The minimum Gasteiger partial charge on any atom is -0.324 e. The first-order chi connectivity index (χ1) is 8.10. The highest BCUT2D eigenvalue weighted by atomic mass is 16.3. The molecule has 1 amide bonds. The molecule has 1 aromatic carbocycles. The summed E-state index contributed by atoms with van der Waals surface area (Å²) in [7, 11) is 0. The monoisotopic (exact) mass is 235 g/mol. The number of carbonyl (C=O) groups excluding carboxylic acids is 1. The summed E-state index contributed by atoms with van der Waals surface area (Å²) < 4.78 is 0. The number of anilines is 1. The second kappa shape index (κ2) is 5.98. The number of nitrogens with zero attached hydrogens (tertiary/aromatic N) is 2. The van der Waals surface area contributed by atoms with E-state index in [0.29, 0.717) is 6.54 Å². The quantitative estimate of drug-likeness (QED) is 0.629. The van der Waals surface area contributed by atoms with Crippen LogP contribution in [0, 0.1) is 11.8 Å². The van der Waals surface area contributed by atoms with Gasteiger partial charge in [-0.05, 0) is 32.4 Å². The maximum Gasteiger partial charge on any atom is 0.248 e. The number of nitroso groups, excluding NO2 is 1. The summed E-state index contributed by atoms with van der Waals surface area (Å²) in [4.78, 5) is 22.4. The Morgan fingerprint density at radius 1 is 1.47 bits per heavy atom. The molecule has 1 atom stereocenters. The average Bonchev–Trinajstić information content (AvgIpc) is 2.33. The maximum atomic E-state index is 11.9. The van der Waals surface area contributed by atoms with E-state index >= 15 is 0 Å². The SMILES string of the molecule is CCN(N=O)C(C)C(=O)Nc1ccccc1C. The normalized spacial score (nSPS) is 11.7. The number of rotatable bonds is 5. The van der Waals surface area contributed by atoms with Gasteiger partial charge in [0.1, 0.15) is 6.04 Å². The van der Waals surface area contributed by atoms with Gasteiger partial charge in [0.25, 0.3) is 0 Å². The molecule has 17 heavy (non-hydrogen) atoms. The zero-order valence-corrected chi connectivity index (χ0v) is 10.3. The Bertz CT molecular complexity index is 406. The van der Waals surface area contributed by atoms with E-state index < -0.39 is 6.04 Å². The molecule has 0 heterocycles. The standard InChI is InChI=1S/C12H17N3O2/c1-4-15(14-17)10(3)12(16)13-11-8-6-5-7-9(11)2/h5-8,10H,4H2,1-3H3,(H,13,16). The molecule has 0 bridgehead atoms. The highest BCUT2D eigenvalue weighted by Crippen LogP contribution is 2.14. The maximum absolute atomic E-state index is 11.9. The van der Waals surface area contributed by atoms with Gasteiger partial charge >= 0.3 is 0 Å². The fourth-order valence-corrected chi connectivity index (χ4v) is 1.49. The molecule has 0 aliphatic rings. The Labute approximate surface area is 101 Å². The highest BCUT2D eigenvalue weighted by molar-refractivity contribution is 5.95. The molecule has 0 spiro atoms. The molecule has 1 unspecified atom stereocenters. The van der Waals surface area contributed by atoms with Crippen LogP contribution in [-0.2, 0) is 4.79 Å². The lowest BCUT2D eigenvalue weighted by Gasteiger charge is -2.20. The van der Waals surface area contributed by atoms with Crippen molar-refractivity contribution in [3.05, 3.63) is 34.7 Å². The first-order valence-electron chi connectivity index (χ1n) is 5.56. The number of nitrogens with one attached hydrogen (secondary N) is 1. The van der Waals surface area contributed by atoms with Crippen LogP contribution in [-0.4, -0.2) is 23.5 Å². The average molecular weight is 235 g/mol. The second-order valence-corrected chi connectivity index (χ2v) is 3.82.